The lowest BCUT2D eigenvalue weighted by Crippen LogP contribution is -2.28. The first-order valence-corrected chi connectivity index (χ1v) is 9.87. The van der Waals surface area contributed by atoms with Crippen molar-refractivity contribution in [2.45, 2.75) is 20.8 Å². The number of amides is 1. The molecule has 1 amide bonds. The number of fused-ring (bicyclic) bond motifs is 1. The van der Waals surface area contributed by atoms with Crippen molar-refractivity contribution < 1.29 is 4.79 Å². The molecule has 4 aromatic rings. The van der Waals surface area contributed by atoms with Crippen LogP contribution in [0, 0.1) is 20.8 Å². The number of carbonyl (C=O) groups is 1. The Morgan fingerprint density at radius 3 is 2.59 bits per heavy atom. The summed E-state index contributed by atoms with van der Waals surface area (Å²) < 4.78 is 10.1. The standard InChI is InChI=1S/C19H20N8OS/c1-11-12(2)24-27(13(11)3)18-7-6-17(22-23-18)20-8-9-21-19(28)14-4-5-15-16(10-14)26-29-25-15/h4-7,10H,8-9H2,1-3H3,(H,20,22)(H,21,28). The van der Waals surface area contributed by atoms with Gasteiger partial charge in [0.1, 0.15) is 16.9 Å². The molecule has 9 nitrogen and oxygen atoms in total. The summed E-state index contributed by atoms with van der Waals surface area (Å²) >= 11 is 1.13. The molecule has 0 spiro atoms. The Labute approximate surface area is 171 Å². The number of nitrogens with zero attached hydrogens (tertiary/aromatic N) is 6. The van der Waals surface area contributed by atoms with Crippen LogP contribution in [0.4, 0.5) is 5.82 Å². The minimum atomic E-state index is -0.150. The predicted molar refractivity (Wildman–Crippen MR) is 112 cm³/mol. The Bertz CT molecular complexity index is 1160. The number of nitrogens with one attached hydrogen (secondary N) is 2. The number of rotatable bonds is 6. The molecule has 0 bridgehead atoms. The molecule has 10 heteroatoms. The Kier molecular flexibility index (Phi) is 5.17. The fraction of sp³-hybridized carbons (Fsp3) is 0.263. The van der Waals surface area contributed by atoms with Crippen LogP contribution < -0.4 is 10.6 Å². The molecule has 29 heavy (non-hydrogen) atoms. The van der Waals surface area contributed by atoms with E-state index in [1.54, 1.807) is 22.9 Å². The normalized spacial score (nSPS) is 11.0. The van der Waals surface area contributed by atoms with E-state index in [1.807, 2.05) is 32.9 Å². The number of aryl methyl sites for hydroxylation is 1. The Balaban J connectivity index is 1.30. The van der Waals surface area contributed by atoms with Crippen LogP contribution in [0.1, 0.15) is 27.3 Å². The summed E-state index contributed by atoms with van der Waals surface area (Å²) in [5.41, 5.74) is 5.27. The van der Waals surface area contributed by atoms with Gasteiger partial charge in [0.15, 0.2) is 5.82 Å². The van der Waals surface area contributed by atoms with Crippen molar-refractivity contribution in [2.24, 2.45) is 0 Å². The Morgan fingerprint density at radius 2 is 1.86 bits per heavy atom. The third-order valence-electron chi connectivity index (χ3n) is 4.75. The van der Waals surface area contributed by atoms with E-state index < -0.39 is 0 Å². The zero-order valence-electron chi connectivity index (χ0n) is 16.3. The lowest BCUT2D eigenvalue weighted by atomic mass is 10.2. The van der Waals surface area contributed by atoms with E-state index in [9.17, 15) is 4.79 Å². The van der Waals surface area contributed by atoms with Crippen molar-refractivity contribution in [3.8, 4) is 5.82 Å². The van der Waals surface area contributed by atoms with Gasteiger partial charge in [0, 0.05) is 24.3 Å². The van der Waals surface area contributed by atoms with Crippen LogP contribution in [0.2, 0.25) is 0 Å². The molecule has 3 heterocycles. The van der Waals surface area contributed by atoms with Gasteiger partial charge in [-0.05, 0) is 56.7 Å². The summed E-state index contributed by atoms with van der Waals surface area (Å²) in [5.74, 6) is 1.16. The molecule has 0 fully saturated rings. The fourth-order valence-electron chi connectivity index (χ4n) is 2.87. The molecule has 0 saturated carbocycles. The van der Waals surface area contributed by atoms with Crippen molar-refractivity contribution in [1.29, 1.82) is 0 Å². The fourth-order valence-corrected chi connectivity index (χ4v) is 3.39. The second-order valence-electron chi connectivity index (χ2n) is 6.63. The van der Waals surface area contributed by atoms with Crippen molar-refractivity contribution >= 4 is 34.5 Å². The van der Waals surface area contributed by atoms with Gasteiger partial charge in [-0.25, -0.2) is 4.68 Å². The third kappa shape index (κ3) is 3.92. The quantitative estimate of drug-likeness (QED) is 0.471. The average Bonchev–Trinajstić information content (AvgIpc) is 3.31. The molecular formula is C19H20N8OS. The van der Waals surface area contributed by atoms with Gasteiger partial charge in [-0.3, -0.25) is 4.79 Å². The van der Waals surface area contributed by atoms with E-state index in [-0.39, 0.29) is 5.91 Å². The Hall–Kier alpha value is -3.40. The minimum Gasteiger partial charge on any atom is -0.367 e. The lowest BCUT2D eigenvalue weighted by Gasteiger charge is -2.08. The molecule has 0 aliphatic carbocycles. The van der Waals surface area contributed by atoms with E-state index in [4.69, 9.17) is 0 Å². The van der Waals surface area contributed by atoms with Gasteiger partial charge in [0.2, 0.25) is 0 Å². The molecule has 3 aromatic heterocycles. The second-order valence-corrected chi connectivity index (χ2v) is 7.16. The minimum absolute atomic E-state index is 0.150. The number of anilines is 1. The van der Waals surface area contributed by atoms with Gasteiger partial charge >= 0.3 is 0 Å². The maximum atomic E-state index is 12.3. The average molecular weight is 408 g/mol. The first-order chi connectivity index (χ1) is 14.0. The zero-order chi connectivity index (χ0) is 20.4. The molecule has 4 rings (SSSR count). The molecule has 0 atom stereocenters. The summed E-state index contributed by atoms with van der Waals surface area (Å²) in [4.78, 5) is 12.3. The van der Waals surface area contributed by atoms with Gasteiger partial charge in [-0.15, -0.1) is 10.2 Å². The van der Waals surface area contributed by atoms with Gasteiger partial charge in [-0.2, -0.15) is 13.8 Å². The molecule has 2 N–H and O–H groups in total. The summed E-state index contributed by atoms with van der Waals surface area (Å²) in [6.45, 7) is 7.00. The van der Waals surface area contributed by atoms with E-state index in [0.29, 0.717) is 30.3 Å². The van der Waals surface area contributed by atoms with Crippen LogP contribution in [-0.2, 0) is 0 Å². The number of hydrogen-bond acceptors (Lipinski definition) is 8. The molecular weight excluding hydrogens is 388 g/mol. The number of benzene rings is 1. The van der Waals surface area contributed by atoms with Gasteiger partial charge in [0.25, 0.3) is 5.91 Å². The van der Waals surface area contributed by atoms with Crippen LogP contribution in [-0.4, -0.2) is 47.7 Å². The van der Waals surface area contributed by atoms with Crippen LogP contribution in [0.15, 0.2) is 30.3 Å². The third-order valence-corrected chi connectivity index (χ3v) is 5.31. The first-order valence-electron chi connectivity index (χ1n) is 9.14. The molecule has 1 aromatic carbocycles. The van der Waals surface area contributed by atoms with E-state index in [2.05, 4.69) is 34.7 Å². The largest absolute Gasteiger partial charge is 0.367 e. The maximum absolute atomic E-state index is 12.3. The summed E-state index contributed by atoms with van der Waals surface area (Å²) in [7, 11) is 0. The van der Waals surface area contributed by atoms with E-state index in [0.717, 1.165) is 39.7 Å². The first kappa shape index (κ1) is 18.9. The Morgan fingerprint density at radius 1 is 1.03 bits per heavy atom. The van der Waals surface area contributed by atoms with Crippen LogP contribution in [0.5, 0.6) is 0 Å². The van der Waals surface area contributed by atoms with Crippen LogP contribution in [0.3, 0.4) is 0 Å². The van der Waals surface area contributed by atoms with E-state index in [1.165, 1.54) is 0 Å². The highest BCUT2D eigenvalue weighted by Crippen LogP contribution is 2.16. The molecule has 0 radical (unpaired) electrons. The highest BCUT2D eigenvalue weighted by atomic mass is 32.1. The highest BCUT2D eigenvalue weighted by Gasteiger charge is 2.11. The maximum Gasteiger partial charge on any atom is 0.251 e. The van der Waals surface area contributed by atoms with Crippen molar-refractivity contribution in [3.63, 3.8) is 0 Å². The van der Waals surface area contributed by atoms with Crippen molar-refractivity contribution in [3.05, 3.63) is 52.8 Å². The van der Waals surface area contributed by atoms with Gasteiger partial charge < -0.3 is 10.6 Å². The molecule has 0 aliphatic rings. The molecule has 0 unspecified atom stereocenters. The van der Waals surface area contributed by atoms with Gasteiger partial charge in [-0.1, -0.05) is 0 Å². The van der Waals surface area contributed by atoms with Crippen molar-refractivity contribution in [1.82, 2.24) is 34.0 Å². The highest BCUT2D eigenvalue weighted by molar-refractivity contribution is 7.00. The molecule has 0 saturated heterocycles. The monoisotopic (exact) mass is 408 g/mol. The van der Waals surface area contributed by atoms with Crippen molar-refractivity contribution in [2.75, 3.05) is 18.4 Å². The molecule has 148 valence electrons. The second kappa shape index (κ2) is 7.92. The summed E-state index contributed by atoms with van der Waals surface area (Å²) in [6, 6.07) is 9.00. The SMILES string of the molecule is Cc1nn(-c2ccc(NCCNC(=O)c3ccc4nsnc4c3)nn2)c(C)c1C. The predicted octanol–water partition coefficient (Wildman–Crippen LogP) is 2.43. The summed E-state index contributed by atoms with van der Waals surface area (Å²) in [5, 5.41) is 18.9. The number of hydrogen-bond donors (Lipinski definition) is 2. The van der Waals surface area contributed by atoms with Crippen LogP contribution >= 0.6 is 11.7 Å². The zero-order valence-corrected chi connectivity index (χ0v) is 17.1. The summed E-state index contributed by atoms with van der Waals surface area (Å²) in [6.07, 6.45) is 0. The van der Waals surface area contributed by atoms with Gasteiger partial charge in [0.05, 0.1) is 17.4 Å². The van der Waals surface area contributed by atoms with E-state index >= 15 is 0 Å². The smallest absolute Gasteiger partial charge is 0.251 e. The number of carbonyl (C=O) groups excluding carboxylic acids is 1. The number of aromatic nitrogens is 6. The topological polar surface area (TPSA) is 111 Å². The molecule has 0 aliphatic heterocycles. The van der Waals surface area contributed by atoms with Crippen LogP contribution in [0.25, 0.3) is 16.9 Å². The lowest BCUT2D eigenvalue weighted by molar-refractivity contribution is 0.0955.